The van der Waals surface area contributed by atoms with Crippen LogP contribution < -0.4 is 19.7 Å². The topological polar surface area (TPSA) is 114 Å². The van der Waals surface area contributed by atoms with Crippen molar-refractivity contribution in [1.82, 2.24) is 5.32 Å². The summed E-state index contributed by atoms with van der Waals surface area (Å²) in [5.74, 6) is -0.530. The summed E-state index contributed by atoms with van der Waals surface area (Å²) in [7, 11) is -1.03. The molecule has 0 spiro atoms. The van der Waals surface area contributed by atoms with E-state index in [0.717, 1.165) is 4.31 Å². The van der Waals surface area contributed by atoms with Crippen LogP contribution in [0.4, 0.5) is 11.4 Å². The standard InChI is InChI=1S/C26H29N3O6S/c1-34-17-9-16-27-26(31)23-14-6-7-15-24(23)28-25(30)19-29(20-10-8-11-21(18-20)35-2)36(32,33)22-12-4-3-5-13-22/h3-8,10-15,18H,9,16-17,19H2,1-2H3,(H,27,31)(H,28,30). The van der Waals surface area contributed by atoms with Crippen LogP contribution in [0.3, 0.4) is 0 Å². The molecule has 0 saturated heterocycles. The van der Waals surface area contributed by atoms with Crippen LogP contribution in [0.5, 0.6) is 5.75 Å². The maximum absolute atomic E-state index is 13.5. The summed E-state index contributed by atoms with van der Waals surface area (Å²) in [6, 6.07) is 20.8. The van der Waals surface area contributed by atoms with Gasteiger partial charge in [-0.2, -0.15) is 0 Å². The van der Waals surface area contributed by atoms with E-state index in [-0.39, 0.29) is 27.7 Å². The Labute approximate surface area is 211 Å². The van der Waals surface area contributed by atoms with E-state index < -0.39 is 22.5 Å². The molecule has 2 N–H and O–H groups in total. The first kappa shape index (κ1) is 26.7. The van der Waals surface area contributed by atoms with E-state index in [2.05, 4.69) is 10.6 Å². The van der Waals surface area contributed by atoms with Gasteiger partial charge in [-0.3, -0.25) is 13.9 Å². The van der Waals surface area contributed by atoms with Crippen LogP contribution in [-0.4, -0.2) is 54.1 Å². The van der Waals surface area contributed by atoms with Gasteiger partial charge in [0.2, 0.25) is 5.91 Å². The van der Waals surface area contributed by atoms with E-state index in [1.54, 1.807) is 67.8 Å². The third-order valence-corrected chi connectivity index (χ3v) is 7.00. The Morgan fingerprint density at radius 3 is 2.36 bits per heavy atom. The minimum atomic E-state index is -4.08. The summed E-state index contributed by atoms with van der Waals surface area (Å²) >= 11 is 0. The van der Waals surface area contributed by atoms with Crippen molar-refractivity contribution in [3.8, 4) is 5.75 Å². The number of hydrogen-bond donors (Lipinski definition) is 2. The molecule has 3 aromatic rings. The number of rotatable bonds is 12. The van der Waals surface area contributed by atoms with Crippen molar-refractivity contribution in [3.63, 3.8) is 0 Å². The first-order chi connectivity index (χ1) is 17.4. The van der Waals surface area contributed by atoms with Crippen molar-refractivity contribution in [2.24, 2.45) is 0 Å². The number of nitrogens with zero attached hydrogens (tertiary/aromatic N) is 1. The number of carbonyl (C=O) groups is 2. The molecule has 0 aliphatic rings. The minimum absolute atomic E-state index is 0.0384. The largest absolute Gasteiger partial charge is 0.497 e. The van der Waals surface area contributed by atoms with Crippen LogP contribution in [-0.2, 0) is 19.6 Å². The van der Waals surface area contributed by atoms with Crippen LogP contribution in [0, 0.1) is 0 Å². The Morgan fingerprint density at radius 2 is 1.64 bits per heavy atom. The van der Waals surface area contributed by atoms with Crippen LogP contribution >= 0.6 is 0 Å². The molecular formula is C26H29N3O6S. The molecule has 0 bridgehead atoms. The Morgan fingerprint density at radius 1 is 0.917 bits per heavy atom. The number of hydrogen-bond acceptors (Lipinski definition) is 6. The van der Waals surface area contributed by atoms with Crippen molar-refractivity contribution < 1.29 is 27.5 Å². The molecule has 0 atom stereocenters. The summed E-state index contributed by atoms with van der Waals surface area (Å²) in [6.45, 7) is 0.400. The van der Waals surface area contributed by atoms with Crippen LogP contribution in [0.15, 0.2) is 83.8 Å². The highest BCUT2D eigenvalue weighted by molar-refractivity contribution is 7.92. The van der Waals surface area contributed by atoms with Gasteiger partial charge in [-0.1, -0.05) is 36.4 Å². The molecule has 0 saturated carbocycles. The van der Waals surface area contributed by atoms with Gasteiger partial charge in [0, 0.05) is 26.3 Å². The highest BCUT2D eigenvalue weighted by Crippen LogP contribution is 2.27. The van der Waals surface area contributed by atoms with Crippen LogP contribution in [0.2, 0.25) is 0 Å². The molecule has 9 nitrogen and oxygen atoms in total. The summed E-state index contributed by atoms with van der Waals surface area (Å²) in [5.41, 5.74) is 0.800. The van der Waals surface area contributed by atoms with Gasteiger partial charge in [0.15, 0.2) is 0 Å². The molecule has 0 aliphatic carbocycles. The summed E-state index contributed by atoms with van der Waals surface area (Å²) in [4.78, 5) is 25.8. The monoisotopic (exact) mass is 511 g/mol. The average Bonchev–Trinajstić information content (AvgIpc) is 2.90. The zero-order chi connectivity index (χ0) is 26.0. The highest BCUT2D eigenvalue weighted by Gasteiger charge is 2.28. The van der Waals surface area contributed by atoms with E-state index in [1.165, 1.54) is 25.3 Å². The Hall–Kier alpha value is -3.89. The van der Waals surface area contributed by atoms with Crippen molar-refractivity contribution in [2.45, 2.75) is 11.3 Å². The fraction of sp³-hybridized carbons (Fsp3) is 0.231. The summed E-state index contributed by atoms with van der Waals surface area (Å²) < 4.78 is 38.2. The molecule has 0 radical (unpaired) electrons. The van der Waals surface area contributed by atoms with Gasteiger partial charge in [-0.25, -0.2) is 8.42 Å². The second-order valence-electron chi connectivity index (χ2n) is 7.72. The number of anilines is 2. The molecule has 0 fully saturated rings. The number of ether oxygens (including phenoxy) is 2. The molecule has 0 heterocycles. The van der Waals surface area contributed by atoms with Gasteiger partial charge >= 0.3 is 0 Å². The lowest BCUT2D eigenvalue weighted by Crippen LogP contribution is -2.38. The molecule has 36 heavy (non-hydrogen) atoms. The van der Waals surface area contributed by atoms with E-state index in [4.69, 9.17) is 9.47 Å². The molecular weight excluding hydrogens is 482 g/mol. The van der Waals surface area contributed by atoms with Crippen molar-refractivity contribution in [3.05, 3.63) is 84.4 Å². The first-order valence-electron chi connectivity index (χ1n) is 11.2. The number of carbonyl (C=O) groups excluding carboxylic acids is 2. The van der Waals surface area contributed by atoms with Gasteiger partial charge in [-0.15, -0.1) is 0 Å². The molecule has 2 amide bonds. The lowest BCUT2D eigenvalue weighted by Gasteiger charge is -2.24. The number of para-hydroxylation sites is 1. The molecule has 0 aromatic heterocycles. The number of amides is 2. The highest BCUT2D eigenvalue weighted by atomic mass is 32.2. The molecule has 190 valence electrons. The zero-order valence-electron chi connectivity index (χ0n) is 20.1. The molecule has 10 heteroatoms. The first-order valence-corrected chi connectivity index (χ1v) is 12.7. The molecule has 0 unspecified atom stereocenters. The van der Waals surface area contributed by atoms with Crippen molar-refractivity contribution >= 4 is 33.2 Å². The Balaban J connectivity index is 1.86. The number of benzene rings is 3. The van der Waals surface area contributed by atoms with E-state index in [9.17, 15) is 18.0 Å². The van der Waals surface area contributed by atoms with Crippen LogP contribution in [0.25, 0.3) is 0 Å². The predicted molar refractivity (Wildman–Crippen MR) is 138 cm³/mol. The maximum Gasteiger partial charge on any atom is 0.264 e. The van der Waals surface area contributed by atoms with E-state index in [0.29, 0.717) is 25.3 Å². The van der Waals surface area contributed by atoms with Gasteiger partial charge in [-0.05, 0) is 42.8 Å². The number of sulfonamides is 1. The predicted octanol–water partition coefficient (Wildman–Crippen LogP) is 3.30. The van der Waals surface area contributed by atoms with Gasteiger partial charge < -0.3 is 20.1 Å². The maximum atomic E-state index is 13.5. The third kappa shape index (κ3) is 6.83. The fourth-order valence-corrected chi connectivity index (χ4v) is 4.86. The normalized spacial score (nSPS) is 10.9. The van der Waals surface area contributed by atoms with Gasteiger partial charge in [0.25, 0.3) is 15.9 Å². The van der Waals surface area contributed by atoms with Gasteiger partial charge in [0.05, 0.1) is 28.9 Å². The second kappa shape index (κ2) is 12.7. The minimum Gasteiger partial charge on any atom is -0.497 e. The van der Waals surface area contributed by atoms with Gasteiger partial charge in [0.1, 0.15) is 12.3 Å². The van der Waals surface area contributed by atoms with Crippen LogP contribution in [0.1, 0.15) is 16.8 Å². The average molecular weight is 512 g/mol. The molecule has 3 rings (SSSR count). The Kier molecular flexibility index (Phi) is 9.43. The second-order valence-corrected chi connectivity index (χ2v) is 9.58. The van der Waals surface area contributed by atoms with E-state index in [1.807, 2.05) is 0 Å². The van der Waals surface area contributed by atoms with Crippen molar-refractivity contribution in [1.29, 1.82) is 0 Å². The quantitative estimate of drug-likeness (QED) is 0.361. The summed E-state index contributed by atoms with van der Waals surface area (Å²) in [6.07, 6.45) is 0.642. The summed E-state index contributed by atoms with van der Waals surface area (Å²) in [5, 5.41) is 5.47. The third-order valence-electron chi connectivity index (χ3n) is 5.22. The fourth-order valence-electron chi connectivity index (χ4n) is 3.42. The lowest BCUT2D eigenvalue weighted by atomic mass is 10.1. The van der Waals surface area contributed by atoms with Crippen molar-refractivity contribution in [2.75, 3.05) is 43.5 Å². The smallest absolute Gasteiger partial charge is 0.264 e. The number of nitrogens with one attached hydrogen (secondary N) is 2. The van der Waals surface area contributed by atoms with E-state index >= 15 is 0 Å². The Bertz CT molecular complexity index is 1280. The molecule has 3 aromatic carbocycles. The zero-order valence-corrected chi connectivity index (χ0v) is 21.0. The SMILES string of the molecule is COCCCNC(=O)c1ccccc1NC(=O)CN(c1cccc(OC)c1)S(=O)(=O)c1ccccc1. The number of methoxy groups -OCH3 is 2. The molecule has 0 aliphatic heterocycles. The lowest BCUT2D eigenvalue weighted by molar-refractivity contribution is -0.114.